The Morgan fingerprint density at radius 3 is 2.04 bits per heavy atom. The molecule has 3 nitrogen and oxygen atoms in total. The standard InChI is InChI=1S/C21H18N2O/c1-3-15-4-6-16(7-5-15)17-8-10-18(11-9-17)19-12-14(2)23-21(24)20(19)13-22/h4-12H,3H2,1-2H3,(H,23,24). The second-order valence-corrected chi connectivity index (χ2v) is 5.81. The molecule has 0 radical (unpaired) electrons. The van der Waals surface area contributed by atoms with Gasteiger partial charge in [-0.2, -0.15) is 5.26 Å². The normalized spacial score (nSPS) is 10.4. The third kappa shape index (κ3) is 3.00. The summed E-state index contributed by atoms with van der Waals surface area (Å²) in [5.41, 5.74) is 5.68. The Kier molecular flexibility index (Phi) is 4.31. The summed E-state index contributed by atoms with van der Waals surface area (Å²) in [6, 6.07) is 20.3. The minimum atomic E-state index is -0.341. The Balaban J connectivity index is 2.01. The first-order chi connectivity index (χ1) is 11.6. The van der Waals surface area contributed by atoms with Crippen LogP contribution in [0.4, 0.5) is 0 Å². The lowest BCUT2D eigenvalue weighted by atomic mass is 9.97. The molecule has 0 aliphatic heterocycles. The number of nitriles is 1. The fourth-order valence-electron chi connectivity index (χ4n) is 2.80. The molecule has 2 aromatic carbocycles. The first-order valence-corrected chi connectivity index (χ1v) is 7.96. The predicted octanol–water partition coefficient (Wildman–Crippen LogP) is 4.45. The highest BCUT2D eigenvalue weighted by molar-refractivity contribution is 5.74. The van der Waals surface area contributed by atoms with Gasteiger partial charge in [0.15, 0.2) is 0 Å². The van der Waals surface area contributed by atoms with E-state index in [2.05, 4.69) is 36.2 Å². The predicted molar refractivity (Wildman–Crippen MR) is 96.8 cm³/mol. The number of hydrogen-bond acceptors (Lipinski definition) is 2. The van der Waals surface area contributed by atoms with E-state index < -0.39 is 0 Å². The summed E-state index contributed by atoms with van der Waals surface area (Å²) in [5.74, 6) is 0. The minimum absolute atomic E-state index is 0.153. The lowest BCUT2D eigenvalue weighted by Crippen LogP contribution is -2.12. The van der Waals surface area contributed by atoms with Gasteiger partial charge in [0.1, 0.15) is 11.6 Å². The molecular weight excluding hydrogens is 296 g/mol. The number of aryl methyl sites for hydroxylation is 2. The highest BCUT2D eigenvalue weighted by atomic mass is 16.1. The Morgan fingerprint density at radius 1 is 0.958 bits per heavy atom. The summed E-state index contributed by atoms with van der Waals surface area (Å²) in [5, 5.41) is 9.26. The Labute approximate surface area is 141 Å². The van der Waals surface area contributed by atoms with Crippen molar-refractivity contribution in [2.24, 2.45) is 0 Å². The van der Waals surface area contributed by atoms with Crippen molar-refractivity contribution in [1.29, 1.82) is 5.26 Å². The third-order valence-corrected chi connectivity index (χ3v) is 4.17. The van der Waals surface area contributed by atoms with Crippen LogP contribution < -0.4 is 5.56 Å². The zero-order chi connectivity index (χ0) is 17.1. The fourth-order valence-corrected chi connectivity index (χ4v) is 2.80. The largest absolute Gasteiger partial charge is 0.325 e. The number of aromatic nitrogens is 1. The number of nitrogens with zero attached hydrogens (tertiary/aromatic N) is 1. The van der Waals surface area contributed by atoms with Gasteiger partial charge in [-0.15, -0.1) is 0 Å². The third-order valence-electron chi connectivity index (χ3n) is 4.17. The van der Waals surface area contributed by atoms with Crippen LogP contribution in [0.5, 0.6) is 0 Å². The Morgan fingerprint density at radius 2 is 1.50 bits per heavy atom. The summed E-state index contributed by atoms with van der Waals surface area (Å²) >= 11 is 0. The zero-order valence-electron chi connectivity index (χ0n) is 13.8. The Hall–Kier alpha value is -3.12. The van der Waals surface area contributed by atoms with Gasteiger partial charge in [-0.1, -0.05) is 55.5 Å². The van der Waals surface area contributed by atoms with E-state index in [1.807, 2.05) is 43.3 Å². The van der Waals surface area contributed by atoms with Gasteiger partial charge in [-0.05, 0) is 41.7 Å². The van der Waals surface area contributed by atoms with Crippen LogP contribution in [-0.2, 0) is 6.42 Å². The average Bonchev–Trinajstić information content (AvgIpc) is 2.61. The molecule has 0 amide bonds. The van der Waals surface area contributed by atoms with Crippen molar-refractivity contribution in [2.45, 2.75) is 20.3 Å². The number of aromatic amines is 1. The lowest BCUT2D eigenvalue weighted by molar-refractivity contribution is 1.13. The van der Waals surface area contributed by atoms with E-state index in [4.69, 9.17) is 0 Å². The molecule has 0 unspecified atom stereocenters. The molecule has 0 saturated heterocycles. The molecule has 3 rings (SSSR count). The van der Waals surface area contributed by atoms with Crippen molar-refractivity contribution in [3.63, 3.8) is 0 Å². The molecule has 0 fully saturated rings. The topological polar surface area (TPSA) is 56.6 Å². The van der Waals surface area contributed by atoms with Crippen LogP contribution in [0.25, 0.3) is 22.3 Å². The maximum Gasteiger partial charge on any atom is 0.266 e. The zero-order valence-corrected chi connectivity index (χ0v) is 13.8. The van der Waals surface area contributed by atoms with E-state index in [0.717, 1.165) is 28.8 Å². The minimum Gasteiger partial charge on any atom is -0.325 e. The van der Waals surface area contributed by atoms with Crippen LogP contribution in [0.2, 0.25) is 0 Å². The smallest absolute Gasteiger partial charge is 0.266 e. The van der Waals surface area contributed by atoms with Gasteiger partial charge in [-0.3, -0.25) is 4.79 Å². The van der Waals surface area contributed by atoms with Crippen LogP contribution in [-0.4, -0.2) is 4.98 Å². The van der Waals surface area contributed by atoms with Crippen LogP contribution >= 0.6 is 0 Å². The first kappa shape index (κ1) is 15.8. The molecule has 1 heterocycles. The van der Waals surface area contributed by atoms with Crippen LogP contribution in [0.15, 0.2) is 59.4 Å². The molecule has 24 heavy (non-hydrogen) atoms. The SMILES string of the molecule is CCc1ccc(-c2ccc(-c3cc(C)[nH]c(=O)c3C#N)cc2)cc1. The van der Waals surface area contributed by atoms with Crippen LogP contribution in [0.1, 0.15) is 23.7 Å². The number of benzene rings is 2. The number of H-pyrrole nitrogens is 1. The van der Waals surface area contributed by atoms with Crippen molar-refractivity contribution in [1.82, 2.24) is 4.98 Å². The second-order valence-electron chi connectivity index (χ2n) is 5.81. The van der Waals surface area contributed by atoms with Gasteiger partial charge in [0.05, 0.1) is 0 Å². The van der Waals surface area contributed by atoms with E-state index in [9.17, 15) is 10.1 Å². The summed E-state index contributed by atoms with van der Waals surface area (Å²) in [4.78, 5) is 14.6. The molecule has 3 heteroatoms. The van der Waals surface area contributed by atoms with Gasteiger partial charge in [0.2, 0.25) is 0 Å². The molecule has 0 saturated carbocycles. The van der Waals surface area contributed by atoms with E-state index >= 15 is 0 Å². The van der Waals surface area contributed by atoms with Gasteiger partial charge >= 0.3 is 0 Å². The van der Waals surface area contributed by atoms with Crippen LogP contribution in [0.3, 0.4) is 0 Å². The number of nitrogens with one attached hydrogen (secondary N) is 1. The number of pyridine rings is 1. The number of rotatable bonds is 3. The maximum atomic E-state index is 11.9. The highest BCUT2D eigenvalue weighted by Crippen LogP contribution is 2.26. The molecule has 0 atom stereocenters. The van der Waals surface area contributed by atoms with Gasteiger partial charge in [0, 0.05) is 11.3 Å². The summed E-state index contributed by atoms with van der Waals surface area (Å²) in [7, 11) is 0. The maximum absolute atomic E-state index is 11.9. The van der Waals surface area contributed by atoms with Crippen molar-refractivity contribution >= 4 is 0 Å². The molecular formula is C21H18N2O. The highest BCUT2D eigenvalue weighted by Gasteiger charge is 2.10. The van der Waals surface area contributed by atoms with Gasteiger partial charge < -0.3 is 4.98 Å². The Bertz CT molecular complexity index is 959. The summed E-state index contributed by atoms with van der Waals surface area (Å²) in [6.45, 7) is 3.95. The van der Waals surface area contributed by atoms with Crippen molar-refractivity contribution in [2.75, 3.05) is 0 Å². The molecule has 0 aliphatic carbocycles. The summed E-state index contributed by atoms with van der Waals surface area (Å²) < 4.78 is 0. The van der Waals surface area contributed by atoms with Crippen molar-refractivity contribution in [3.8, 4) is 28.3 Å². The molecule has 0 aliphatic rings. The fraction of sp³-hybridized carbons (Fsp3) is 0.143. The first-order valence-electron chi connectivity index (χ1n) is 7.96. The molecule has 0 bridgehead atoms. The molecule has 3 aromatic rings. The molecule has 118 valence electrons. The molecule has 0 spiro atoms. The van der Waals surface area contributed by atoms with Crippen molar-refractivity contribution < 1.29 is 0 Å². The molecule has 1 aromatic heterocycles. The molecule has 1 N–H and O–H groups in total. The van der Waals surface area contributed by atoms with Crippen LogP contribution in [0, 0.1) is 18.3 Å². The van der Waals surface area contributed by atoms with E-state index in [1.54, 1.807) is 0 Å². The lowest BCUT2D eigenvalue weighted by Gasteiger charge is -2.08. The van der Waals surface area contributed by atoms with Gasteiger partial charge in [-0.25, -0.2) is 0 Å². The quantitative estimate of drug-likeness (QED) is 0.776. The van der Waals surface area contributed by atoms with E-state index in [1.165, 1.54) is 5.56 Å². The summed E-state index contributed by atoms with van der Waals surface area (Å²) in [6.07, 6.45) is 1.03. The number of hydrogen-bond donors (Lipinski definition) is 1. The monoisotopic (exact) mass is 314 g/mol. The van der Waals surface area contributed by atoms with E-state index in [-0.39, 0.29) is 11.1 Å². The van der Waals surface area contributed by atoms with Crippen molar-refractivity contribution in [3.05, 3.63) is 81.8 Å². The second kappa shape index (κ2) is 6.55. The average molecular weight is 314 g/mol. The van der Waals surface area contributed by atoms with E-state index in [0.29, 0.717) is 5.56 Å². The van der Waals surface area contributed by atoms with Gasteiger partial charge in [0.25, 0.3) is 5.56 Å².